The molecule has 0 aromatic carbocycles. The van der Waals surface area contributed by atoms with Gasteiger partial charge in [0.25, 0.3) is 0 Å². The molecular weight excluding hydrogens is 160 g/mol. The first-order chi connectivity index (χ1) is 6.36. The van der Waals surface area contributed by atoms with Crippen LogP contribution in [0.3, 0.4) is 0 Å². The Morgan fingerprint density at radius 1 is 1.00 bits per heavy atom. The number of hydrogen-bond donors (Lipinski definition) is 0. The van der Waals surface area contributed by atoms with Gasteiger partial charge in [-0.3, -0.25) is 0 Å². The minimum Gasteiger partial charge on any atom is -0.193 e. The maximum Gasteiger partial charge on any atom is 0.0964 e. The Morgan fingerprint density at radius 3 is 1.85 bits per heavy atom. The highest BCUT2D eigenvalue weighted by atomic mass is 14.4. The molecule has 0 aromatic heterocycles. The maximum atomic E-state index is 8.95. The van der Waals surface area contributed by atoms with Crippen molar-refractivity contribution < 1.29 is 0 Å². The summed E-state index contributed by atoms with van der Waals surface area (Å²) in [5, 5.41) is 17.9. The standard InChI is InChI=1S/C11H10N2/c12-6-10-8-2-1-3-9(5-4-8)11(10)7-13/h4-5,8-9H,1-3H2. The molecule has 2 unspecified atom stereocenters. The molecule has 0 saturated heterocycles. The minimum atomic E-state index is 0.221. The molecule has 2 atom stereocenters. The molecule has 0 heterocycles. The zero-order chi connectivity index (χ0) is 9.26. The van der Waals surface area contributed by atoms with E-state index in [9.17, 15) is 0 Å². The molecule has 13 heavy (non-hydrogen) atoms. The Bertz CT molecular complexity index is 329. The molecule has 0 saturated carbocycles. The van der Waals surface area contributed by atoms with Gasteiger partial charge in [0.15, 0.2) is 0 Å². The second-order valence-corrected chi connectivity index (χ2v) is 3.58. The van der Waals surface area contributed by atoms with Crippen molar-refractivity contribution in [1.82, 2.24) is 0 Å². The first-order valence-corrected chi connectivity index (χ1v) is 4.59. The largest absolute Gasteiger partial charge is 0.193 e. The second kappa shape index (κ2) is 3.07. The summed E-state index contributed by atoms with van der Waals surface area (Å²) in [7, 11) is 0. The van der Waals surface area contributed by atoms with Gasteiger partial charge in [-0.25, -0.2) is 0 Å². The van der Waals surface area contributed by atoms with E-state index in [1.807, 2.05) is 0 Å². The molecule has 0 aliphatic heterocycles. The fourth-order valence-corrected chi connectivity index (χ4v) is 2.19. The monoisotopic (exact) mass is 170 g/mol. The lowest BCUT2D eigenvalue weighted by atomic mass is 9.85. The third-order valence-electron chi connectivity index (χ3n) is 2.88. The highest BCUT2D eigenvalue weighted by molar-refractivity contribution is 5.46. The quantitative estimate of drug-likeness (QED) is 0.524. The van der Waals surface area contributed by atoms with E-state index in [1.165, 1.54) is 0 Å². The van der Waals surface area contributed by atoms with Crippen LogP contribution in [-0.4, -0.2) is 0 Å². The summed E-state index contributed by atoms with van der Waals surface area (Å²) in [6.07, 6.45) is 7.37. The lowest BCUT2D eigenvalue weighted by molar-refractivity contribution is 0.624. The Morgan fingerprint density at radius 2 is 1.46 bits per heavy atom. The van der Waals surface area contributed by atoms with E-state index in [1.54, 1.807) is 0 Å². The van der Waals surface area contributed by atoms with E-state index in [0.717, 1.165) is 19.3 Å². The Kier molecular flexibility index (Phi) is 1.91. The van der Waals surface area contributed by atoms with Gasteiger partial charge in [0, 0.05) is 11.8 Å². The van der Waals surface area contributed by atoms with Crippen LogP contribution in [0.4, 0.5) is 0 Å². The van der Waals surface area contributed by atoms with Gasteiger partial charge in [0.1, 0.15) is 0 Å². The van der Waals surface area contributed by atoms with E-state index in [2.05, 4.69) is 24.3 Å². The number of nitrogens with zero attached hydrogens (tertiary/aromatic N) is 2. The fourth-order valence-electron chi connectivity index (χ4n) is 2.19. The average Bonchev–Trinajstić information content (AvgIpc) is 2.49. The molecular formula is C11H10N2. The van der Waals surface area contributed by atoms with E-state index in [-0.39, 0.29) is 11.8 Å². The molecule has 0 fully saturated rings. The highest BCUT2D eigenvalue weighted by Gasteiger charge is 2.28. The van der Waals surface area contributed by atoms with Crippen LogP contribution >= 0.6 is 0 Å². The molecule has 2 heteroatoms. The van der Waals surface area contributed by atoms with Crippen LogP contribution in [0.25, 0.3) is 0 Å². The van der Waals surface area contributed by atoms with E-state index in [4.69, 9.17) is 10.5 Å². The van der Waals surface area contributed by atoms with E-state index >= 15 is 0 Å². The van der Waals surface area contributed by atoms with Gasteiger partial charge >= 0.3 is 0 Å². The van der Waals surface area contributed by atoms with Crippen LogP contribution in [0.5, 0.6) is 0 Å². The normalized spacial score (nSPS) is 30.9. The summed E-state index contributed by atoms with van der Waals surface area (Å²) in [5.74, 6) is 0.441. The first-order valence-electron chi connectivity index (χ1n) is 4.59. The fraction of sp³-hybridized carbons (Fsp3) is 0.455. The lowest BCUT2D eigenvalue weighted by Crippen LogP contribution is -2.08. The van der Waals surface area contributed by atoms with Crippen molar-refractivity contribution in [3.8, 4) is 12.1 Å². The van der Waals surface area contributed by atoms with Gasteiger partial charge in [0.05, 0.1) is 23.3 Å². The minimum absolute atomic E-state index is 0.221. The van der Waals surface area contributed by atoms with Gasteiger partial charge in [0.2, 0.25) is 0 Å². The number of nitriles is 2. The van der Waals surface area contributed by atoms with Crippen LogP contribution < -0.4 is 0 Å². The molecule has 2 nitrogen and oxygen atoms in total. The van der Waals surface area contributed by atoms with Crippen LogP contribution in [-0.2, 0) is 0 Å². The number of fused-ring (bicyclic) bond motifs is 2. The summed E-state index contributed by atoms with van der Waals surface area (Å²) in [5.41, 5.74) is 1.43. The molecule has 0 radical (unpaired) electrons. The Hall–Kier alpha value is -1.54. The molecule has 0 N–H and O–H groups in total. The first kappa shape index (κ1) is 8.08. The highest BCUT2D eigenvalue weighted by Crippen LogP contribution is 2.37. The number of allylic oxidation sites excluding steroid dienone is 4. The third kappa shape index (κ3) is 1.15. The number of hydrogen-bond acceptors (Lipinski definition) is 2. The predicted octanol–water partition coefficient (Wildman–Crippen LogP) is 2.32. The Labute approximate surface area is 77.8 Å². The van der Waals surface area contributed by atoms with Gasteiger partial charge < -0.3 is 0 Å². The average molecular weight is 170 g/mol. The lowest BCUT2D eigenvalue weighted by Gasteiger charge is -2.16. The third-order valence-corrected chi connectivity index (χ3v) is 2.88. The SMILES string of the molecule is N#CC1=C(C#N)C2C=CC1CCC2. The number of rotatable bonds is 0. The molecule has 3 rings (SSSR count). The van der Waals surface area contributed by atoms with Gasteiger partial charge in [-0.1, -0.05) is 18.6 Å². The summed E-state index contributed by atoms with van der Waals surface area (Å²) < 4.78 is 0. The molecule has 0 amide bonds. The van der Waals surface area contributed by atoms with Gasteiger partial charge in [-0.2, -0.15) is 10.5 Å². The van der Waals surface area contributed by atoms with Crippen LogP contribution in [0.15, 0.2) is 23.3 Å². The summed E-state index contributed by atoms with van der Waals surface area (Å²) in [6, 6.07) is 4.36. The maximum absolute atomic E-state index is 8.95. The van der Waals surface area contributed by atoms with Crippen molar-refractivity contribution in [2.45, 2.75) is 19.3 Å². The van der Waals surface area contributed by atoms with Crippen LogP contribution in [0.2, 0.25) is 0 Å². The molecule has 3 aliphatic carbocycles. The van der Waals surface area contributed by atoms with Crippen molar-refractivity contribution in [2.24, 2.45) is 11.8 Å². The van der Waals surface area contributed by atoms with E-state index in [0.29, 0.717) is 11.1 Å². The topological polar surface area (TPSA) is 47.6 Å². The van der Waals surface area contributed by atoms with Gasteiger partial charge in [-0.15, -0.1) is 0 Å². The molecule has 2 bridgehead atoms. The van der Waals surface area contributed by atoms with Crippen molar-refractivity contribution in [2.75, 3.05) is 0 Å². The van der Waals surface area contributed by atoms with Crippen molar-refractivity contribution in [3.63, 3.8) is 0 Å². The predicted molar refractivity (Wildman–Crippen MR) is 48.2 cm³/mol. The zero-order valence-corrected chi connectivity index (χ0v) is 7.33. The molecule has 3 aliphatic rings. The molecule has 0 aromatic rings. The second-order valence-electron chi connectivity index (χ2n) is 3.58. The molecule has 64 valence electrons. The van der Waals surface area contributed by atoms with E-state index < -0.39 is 0 Å². The van der Waals surface area contributed by atoms with Crippen LogP contribution in [0.1, 0.15) is 19.3 Å². The zero-order valence-electron chi connectivity index (χ0n) is 7.33. The summed E-state index contributed by atoms with van der Waals surface area (Å²) in [6.45, 7) is 0. The van der Waals surface area contributed by atoms with Crippen molar-refractivity contribution in [3.05, 3.63) is 23.3 Å². The van der Waals surface area contributed by atoms with Crippen molar-refractivity contribution in [1.29, 1.82) is 10.5 Å². The Balaban J connectivity index is 2.50. The summed E-state index contributed by atoms with van der Waals surface area (Å²) in [4.78, 5) is 0. The smallest absolute Gasteiger partial charge is 0.0964 e. The summed E-state index contributed by atoms with van der Waals surface area (Å²) >= 11 is 0. The molecule has 0 spiro atoms. The van der Waals surface area contributed by atoms with Crippen LogP contribution in [0, 0.1) is 34.5 Å². The van der Waals surface area contributed by atoms with Gasteiger partial charge in [-0.05, 0) is 12.8 Å². The van der Waals surface area contributed by atoms with Crippen molar-refractivity contribution >= 4 is 0 Å².